The molecular formula is C13H23NO2W. The minimum atomic E-state index is -0.192. The minimum Gasteiger partial charge on any atom is -0.438 e. The summed E-state index contributed by atoms with van der Waals surface area (Å²) < 4.78 is 0. The fraction of sp³-hybridized carbons (Fsp3) is 0.692. The van der Waals surface area contributed by atoms with Gasteiger partial charge in [-0.3, -0.25) is 9.59 Å². The van der Waals surface area contributed by atoms with E-state index in [1.165, 1.54) is 5.92 Å². The predicted octanol–water partition coefficient (Wildman–Crippen LogP) is 2.82. The molecule has 2 amide bonds. The van der Waals surface area contributed by atoms with Crippen molar-refractivity contribution in [2.45, 2.75) is 48.0 Å². The van der Waals surface area contributed by atoms with Gasteiger partial charge < -0.3 is 10.8 Å². The van der Waals surface area contributed by atoms with Gasteiger partial charge in [-0.15, -0.1) is 0 Å². The molecule has 1 saturated heterocycles. The number of hydrogen-bond donors (Lipinski definition) is 0. The zero-order valence-electron chi connectivity index (χ0n) is 11.7. The van der Waals surface area contributed by atoms with Gasteiger partial charge in [0, 0.05) is 12.3 Å². The molecule has 1 rings (SSSR count). The van der Waals surface area contributed by atoms with E-state index in [2.05, 4.69) is 27.8 Å². The summed E-state index contributed by atoms with van der Waals surface area (Å²) in [5, 5.41) is 0. The van der Waals surface area contributed by atoms with Gasteiger partial charge in [-0.1, -0.05) is 20.8 Å². The van der Waals surface area contributed by atoms with Crippen molar-refractivity contribution >= 4 is 11.8 Å². The fourth-order valence-electron chi connectivity index (χ4n) is 1.36. The first kappa shape index (κ1) is 19.2. The summed E-state index contributed by atoms with van der Waals surface area (Å²) in [6.45, 7) is 12.1. The van der Waals surface area contributed by atoms with Crippen LogP contribution in [0.5, 0.6) is 0 Å². The van der Waals surface area contributed by atoms with Crippen molar-refractivity contribution in [3.05, 3.63) is 13.0 Å². The average Bonchev–Trinajstić information content (AvgIpc) is 2.30. The van der Waals surface area contributed by atoms with E-state index in [1.807, 2.05) is 20.8 Å². The van der Waals surface area contributed by atoms with E-state index in [1.54, 1.807) is 0 Å². The molecule has 1 aliphatic heterocycles. The first-order chi connectivity index (χ1) is 7.07. The van der Waals surface area contributed by atoms with E-state index in [9.17, 15) is 9.59 Å². The van der Waals surface area contributed by atoms with Crippen LogP contribution in [0.3, 0.4) is 0 Å². The normalized spacial score (nSPS) is 20.0. The molecule has 0 bridgehead atoms. The van der Waals surface area contributed by atoms with E-state index in [-0.39, 0.29) is 44.2 Å². The largest absolute Gasteiger partial charge is 2.00 e. The van der Waals surface area contributed by atoms with Gasteiger partial charge in [0.15, 0.2) is 5.91 Å². The summed E-state index contributed by atoms with van der Waals surface area (Å²) in [5.41, 5.74) is -0.140. The maximum Gasteiger partial charge on any atom is 2.00 e. The Morgan fingerprint density at radius 2 is 1.59 bits per heavy atom. The molecule has 0 spiro atoms. The Hall–Kier alpha value is -0.172. The Labute approximate surface area is 120 Å². The van der Waals surface area contributed by atoms with Crippen LogP contribution in [0, 0.1) is 24.3 Å². The van der Waals surface area contributed by atoms with Crippen LogP contribution in [0.2, 0.25) is 0 Å². The molecule has 1 heterocycles. The molecule has 1 fully saturated rings. The van der Waals surface area contributed by atoms with Gasteiger partial charge in [0.2, 0.25) is 5.91 Å². The maximum absolute atomic E-state index is 11.4. The summed E-state index contributed by atoms with van der Waals surface area (Å²) in [6, 6.07) is 0. The molecule has 3 nitrogen and oxygen atoms in total. The van der Waals surface area contributed by atoms with Crippen LogP contribution in [0.15, 0.2) is 0 Å². The molecule has 17 heavy (non-hydrogen) atoms. The summed E-state index contributed by atoms with van der Waals surface area (Å²) in [5.74, 6) is 0.912. The van der Waals surface area contributed by atoms with Gasteiger partial charge >= 0.3 is 21.1 Å². The predicted molar refractivity (Wildman–Crippen MR) is 65.0 cm³/mol. The third kappa shape index (κ3) is 6.35. The van der Waals surface area contributed by atoms with E-state index < -0.39 is 0 Å². The smallest absolute Gasteiger partial charge is 0.438 e. The second kappa shape index (κ2) is 7.30. The van der Waals surface area contributed by atoms with Crippen LogP contribution in [-0.2, 0) is 30.7 Å². The monoisotopic (exact) mass is 409 g/mol. The average molecular weight is 409 g/mol. The first-order valence-electron chi connectivity index (χ1n) is 5.51. The molecule has 1 unspecified atom stereocenters. The zero-order valence-corrected chi connectivity index (χ0v) is 14.6. The molecule has 0 aromatic heterocycles. The van der Waals surface area contributed by atoms with Crippen LogP contribution < -0.4 is 0 Å². The van der Waals surface area contributed by atoms with Crippen molar-refractivity contribution in [3.8, 4) is 0 Å². The third-order valence-electron chi connectivity index (χ3n) is 2.29. The number of likely N-dealkylation sites (tertiary alicyclic amines) is 1. The molecule has 1 aliphatic rings. The van der Waals surface area contributed by atoms with E-state index in [0.717, 1.165) is 4.90 Å². The molecule has 4 heteroatoms. The Bertz CT molecular complexity index is 266. The Kier molecular flexibility index (Phi) is 8.24. The second-order valence-electron chi connectivity index (χ2n) is 5.78. The molecule has 1 atom stereocenters. The molecular weight excluding hydrogens is 386 g/mol. The van der Waals surface area contributed by atoms with Crippen molar-refractivity contribution < 1.29 is 30.7 Å². The molecule has 0 radical (unpaired) electrons. The minimum absolute atomic E-state index is 0. The molecule has 0 aromatic carbocycles. The third-order valence-corrected chi connectivity index (χ3v) is 2.29. The van der Waals surface area contributed by atoms with Crippen LogP contribution in [0.4, 0.5) is 0 Å². The van der Waals surface area contributed by atoms with Crippen molar-refractivity contribution in [2.75, 3.05) is 0 Å². The zero-order chi connectivity index (χ0) is 13.1. The van der Waals surface area contributed by atoms with Gasteiger partial charge in [-0.25, -0.2) is 7.05 Å². The number of nitrogens with zero attached hydrogens (tertiary/aromatic N) is 1. The van der Waals surface area contributed by atoms with Gasteiger partial charge in [-0.05, 0) is 5.41 Å². The van der Waals surface area contributed by atoms with E-state index in [0.29, 0.717) is 6.42 Å². The number of amides is 2. The Morgan fingerprint density at radius 1 is 1.24 bits per heavy atom. The summed E-state index contributed by atoms with van der Waals surface area (Å²) in [7, 11) is 3.40. The van der Waals surface area contributed by atoms with Gasteiger partial charge in [-0.2, -0.15) is 20.8 Å². The molecule has 98 valence electrons. The van der Waals surface area contributed by atoms with Gasteiger partial charge in [0.25, 0.3) is 0 Å². The fourth-order valence-corrected chi connectivity index (χ4v) is 1.36. The molecule has 0 N–H and O–H groups in total. The number of carbonyl (C=O) groups excluding carboxylic acids is 2. The van der Waals surface area contributed by atoms with Crippen LogP contribution in [0.25, 0.3) is 0 Å². The van der Waals surface area contributed by atoms with Crippen LogP contribution in [-0.4, -0.2) is 16.7 Å². The summed E-state index contributed by atoms with van der Waals surface area (Å²) >= 11 is 0. The number of rotatable bonds is 0. The van der Waals surface area contributed by atoms with Crippen molar-refractivity contribution in [2.24, 2.45) is 11.3 Å². The topological polar surface area (TPSA) is 37.4 Å². The molecule has 0 saturated carbocycles. The Balaban J connectivity index is 0. The van der Waals surface area contributed by atoms with Crippen LogP contribution >= 0.6 is 0 Å². The van der Waals surface area contributed by atoms with Gasteiger partial charge in [0.1, 0.15) is 0 Å². The van der Waals surface area contributed by atoms with E-state index >= 15 is 0 Å². The summed E-state index contributed by atoms with van der Waals surface area (Å²) in [6.07, 6.45) is 0.311. The molecule has 0 aromatic rings. The number of imide groups is 1. The van der Waals surface area contributed by atoms with E-state index in [4.69, 9.17) is 0 Å². The number of carbonyl (C=O) groups is 2. The second-order valence-corrected chi connectivity index (χ2v) is 5.78. The van der Waals surface area contributed by atoms with Crippen molar-refractivity contribution in [3.63, 3.8) is 0 Å². The van der Waals surface area contributed by atoms with Crippen LogP contribution in [0.1, 0.15) is 48.0 Å². The molecule has 0 aliphatic carbocycles. The van der Waals surface area contributed by atoms with Crippen molar-refractivity contribution in [1.82, 2.24) is 4.90 Å². The standard InChI is InChI=1S/C9H14NO2.C4H9.W/c1-9(2,3)6-5-7(11)10(4)8(6)12;1-4(2)3;/h6H,4-5H2,1-3H3;1-3H3;/q2*-1;+2. The summed E-state index contributed by atoms with van der Waals surface area (Å²) in [4.78, 5) is 23.5. The SMILES string of the molecule is C[C-](C)C.[CH2-]N1C(=O)CC(C(C)(C)C)C1=O.[W+2]. The Morgan fingerprint density at radius 3 is 1.71 bits per heavy atom. The quantitative estimate of drug-likeness (QED) is 0.456. The number of hydrogen-bond acceptors (Lipinski definition) is 2. The van der Waals surface area contributed by atoms with Gasteiger partial charge in [0.05, 0.1) is 0 Å². The maximum atomic E-state index is 11.4. The first-order valence-corrected chi connectivity index (χ1v) is 5.51. The van der Waals surface area contributed by atoms with Crippen molar-refractivity contribution in [1.29, 1.82) is 0 Å².